The van der Waals surface area contributed by atoms with Gasteiger partial charge in [-0.25, -0.2) is 4.79 Å². The van der Waals surface area contributed by atoms with E-state index in [4.69, 9.17) is 32.7 Å². The molecule has 0 N–H and O–H groups in total. The summed E-state index contributed by atoms with van der Waals surface area (Å²) in [4.78, 5) is 17.3. The minimum atomic E-state index is -0.557. The van der Waals surface area contributed by atoms with Crippen molar-refractivity contribution in [1.29, 1.82) is 0 Å². The number of likely N-dealkylation sites (tertiary alicyclic amines) is 1. The van der Waals surface area contributed by atoms with E-state index in [9.17, 15) is 4.79 Å². The Morgan fingerprint density at radius 1 is 1.25 bits per heavy atom. The normalized spacial score (nSPS) is 21.8. The van der Waals surface area contributed by atoms with Gasteiger partial charge in [0.2, 0.25) is 0 Å². The van der Waals surface area contributed by atoms with E-state index in [1.165, 1.54) is 0 Å². The van der Waals surface area contributed by atoms with Crippen LogP contribution in [0.15, 0.2) is 12.4 Å². The number of ether oxygens (including phenoxy) is 2. The summed E-state index contributed by atoms with van der Waals surface area (Å²) in [7, 11) is 0. The number of cyclic esters (lactones) is 1. The summed E-state index contributed by atoms with van der Waals surface area (Å²) in [6.45, 7) is 2.65. The minimum Gasteiger partial charge on any atom is -0.430 e. The van der Waals surface area contributed by atoms with E-state index in [0.717, 1.165) is 31.5 Å². The number of halogens is 2. The van der Waals surface area contributed by atoms with Gasteiger partial charge in [-0.05, 0) is 0 Å². The molecule has 2 saturated heterocycles. The number of hydrogen-bond donors (Lipinski definition) is 0. The van der Waals surface area contributed by atoms with Crippen molar-refractivity contribution in [2.75, 3.05) is 19.7 Å². The molecule has 7 heteroatoms. The monoisotopic (exact) mass is 316 g/mol. The van der Waals surface area contributed by atoms with Gasteiger partial charge < -0.3 is 9.47 Å². The van der Waals surface area contributed by atoms with E-state index in [-0.39, 0.29) is 0 Å². The topological polar surface area (TPSA) is 51.7 Å². The number of nitrogens with zero attached hydrogens (tertiary/aromatic N) is 2. The number of carbonyl (C=O) groups excluding carboxylic acids is 1. The molecule has 2 aliphatic rings. The lowest BCUT2D eigenvalue weighted by atomic mass is 9.92. The molecule has 20 heavy (non-hydrogen) atoms. The summed E-state index contributed by atoms with van der Waals surface area (Å²) in [5, 5.41) is 1.15. The van der Waals surface area contributed by atoms with Crippen LogP contribution in [0.2, 0.25) is 10.0 Å². The highest BCUT2D eigenvalue weighted by Crippen LogP contribution is 2.33. The lowest BCUT2D eigenvalue weighted by Crippen LogP contribution is -2.45. The fraction of sp³-hybridized carbons (Fsp3) is 0.538. The van der Waals surface area contributed by atoms with Gasteiger partial charge in [-0.3, -0.25) is 9.88 Å². The molecule has 3 heterocycles. The Bertz CT molecular complexity index is 510. The molecule has 0 atom stereocenters. The minimum absolute atomic E-state index is 0.358. The molecule has 1 aromatic heterocycles. The van der Waals surface area contributed by atoms with E-state index >= 15 is 0 Å². The molecule has 0 radical (unpaired) electrons. The Morgan fingerprint density at radius 3 is 2.45 bits per heavy atom. The number of pyridine rings is 1. The average molecular weight is 317 g/mol. The third-order valence-corrected chi connectivity index (χ3v) is 4.51. The molecule has 3 rings (SSSR count). The molecule has 0 bridgehead atoms. The van der Waals surface area contributed by atoms with Gasteiger partial charge >= 0.3 is 6.16 Å². The molecule has 5 nitrogen and oxygen atoms in total. The van der Waals surface area contributed by atoms with Crippen molar-refractivity contribution in [2.45, 2.75) is 25.0 Å². The first-order valence-corrected chi connectivity index (χ1v) is 7.20. The zero-order valence-corrected chi connectivity index (χ0v) is 12.3. The van der Waals surface area contributed by atoms with Crippen LogP contribution in [-0.2, 0) is 16.0 Å². The molecule has 0 aliphatic carbocycles. The van der Waals surface area contributed by atoms with Gasteiger partial charge in [-0.2, -0.15) is 0 Å². The van der Waals surface area contributed by atoms with Crippen LogP contribution < -0.4 is 0 Å². The second kappa shape index (κ2) is 5.39. The van der Waals surface area contributed by atoms with Gasteiger partial charge in [0.05, 0.1) is 10.0 Å². The molecule has 0 amide bonds. The predicted octanol–water partition coefficient (Wildman–Crippen LogP) is 2.89. The summed E-state index contributed by atoms with van der Waals surface area (Å²) in [6, 6.07) is 0. The van der Waals surface area contributed by atoms with E-state index < -0.39 is 11.8 Å². The molecule has 2 aliphatic heterocycles. The lowest BCUT2D eigenvalue weighted by molar-refractivity contribution is -0.00162. The molecule has 1 aromatic rings. The second-order valence-corrected chi connectivity index (χ2v) is 6.00. The highest BCUT2D eigenvalue weighted by molar-refractivity contribution is 6.35. The highest BCUT2D eigenvalue weighted by Gasteiger charge is 2.44. The van der Waals surface area contributed by atoms with Gasteiger partial charge in [0.25, 0.3) is 0 Å². The van der Waals surface area contributed by atoms with Crippen LogP contribution in [-0.4, -0.2) is 41.3 Å². The van der Waals surface area contributed by atoms with Crippen LogP contribution in [0, 0.1) is 0 Å². The van der Waals surface area contributed by atoms with Gasteiger partial charge in [-0.1, -0.05) is 23.2 Å². The van der Waals surface area contributed by atoms with Crippen LogP contribution in [0.3, 0.4) is 0 Å². The maximum absolute atomic E-state index is 11.1. The van der Waals surface area contributed by atoms with Gasteiger partial charge in [0, 0.05) is 50.4 Å². The Balaban J connectivity index is 1.63. The molecule has 0 saturated carbocycles. The lowest BCUT2D eigenvalue weighted by Gasteiger charge is -2.36. The van der Waals surface area contributed by atoms with Crippen LogP contribution in [0.25, 0.3) is 0 Å². The number of piperidine rings is 1. The Kier molecular flexibility index (Phi) is 3.75. The van der Waals surface area contributed by atoms with Gasteiger partial charge in [0.15, 0.2) is 5.60 Å². The quantitative estimate of drug-likeness (QED) is 0.785. The van der Waals surface area contributed by atoms with Crippen molar-refractivity contribution < 1.29 is 14.3 Å². The predicted molar refractivity (Wildman–Crippen MR) is 73.9 cm³/mol. The standard InChI is InChI=1S/C13H14Cl2N2O3/c14-10-5-16-6-11(15)9(10)7-17-3-1-13(2-4-17)8-19-12(18)20-13/h5-6H,1-4,7-8H2. The summed E-state index contributed by atoms with van der Waals surface area (Å²) in [5.41, 5.74) is 0.457. The molecular weight excluding hydrogens is 303 g/mol. The molecule has 1 spiro atoms. The number of carbonyl (C=O) groups is 1. The van der Waals surface area contributed by atoms with Crippen molar-refractivity contribution in [3.63, 3.8) is 0 Å². The fourth-order valence-corrected chi connectivity index (χ4v) is 3.09. The summed E-state index contributed by atoms with van der Waals surface area (Å²) < 4.78 is 10.2. The Labute approximate surface area is 126 Å². The van der Waals surface area contributed by atoms with Crippen molar-refractivity contribution in [2.24, 2.45) is 0 Å². The van der Waals surface area contributed by atoms with Crippen molar-refractivity contribution in [3.05, 3.63) is 28.0 Å². The maximum Gasteiger partial charge on any atom is 0.509 e. The van der Waals surface area contributed by atoms with E-state index in [1.807, 2.05) is 0 Å². The number of aromatic nitrogens is 1. The van der Waals surface area contributed by atoms with Crippen LogP contribution in [0.1, 0.15) is 18.4 Å². The molecule has 0 aromatic carbocycles. The number of hydrogen-bond acceptors (Lipinski definition) is 5. The molecular formula is C13H14Cl2N2O3. The summed E-state index contributed by atoms with van der Waals surface area (Å²) >= 11 is 12.3. The fourth-order valence-electron chi connectivity index (χ4n) is 2.60. The average Bonchev–Trinajstić information content (AvgIpc) is 2.78. The van der Waals surface area contributed by atoms with Crippen LogP contribution in [0.4, 0.5) is 4.79 Å². The first-order chi connectivity index (χ1) is 9.58. The zero-order valence-electron chi connectivity index (χ0n) is 10.8. The Hall–Kier alpha value is -1.04. The SMILES string of the molecule is O=C1OCC2(CCN(Cc3c(Cl)cncc3Cl)CC2)O1. The Morgan fingerprint density at radius 2 is 1.90 bits per heavy atom. The smallest absolute Gasteiger partial charge is 0.430 e. The van der Waals surface area contributed by atoms with E-state index in [0.29, 0.717) is 23.2 Å². The van der Waals surface area contributed by atoms with Crippen LogP contribution in [0.5, 0.6) is 0 Å². The van der Waals surface area contributed by atoms with E-state index in [2.05, 4.69) is 9.88 Å². The van der Waals surface area contributed by atoms with Crippen molar-refractivity contribution >= 4 is 29.4 Å². The highest BCUT2D eigenvalue weighted by atomic mass is 35.5. The number of rotatable bonds is 2. The molecule has 2 fully saturated rings. The van der Waals surface area contributed by atoms with Gasteiger partial charge in [0.1, 0.15) is 6.61 Å². The molecule has 108 valence electrons. The van der Waals surface area contributed by atoms with Crippen molar-refractivity contribution in [3.8, 4) is 0 Å². The van der Waals surface area contributed by atoms with Gasteiger partial charge in [-0.15, -0.1) is 0 Å². The first kappa shape index (κ1) is 13.9. The maximum atomic E-state index is 11.1. The largest absolute Gasteiger partial charge is 0.509 e. The first-order valence-electron chi connectivity index (χ1n) is 6.44. The van der Waals surface area contributed by atoms with Crippen LogP contribution >= 0.6 is 23.2 Å². The molecule has 0 unspecified atom stereocenters. The van der Waals surface area contributed by atoms with E-state index in [1.54, 1.807) is 12.4 Å². The summed E-state index contributed by atoms with van der Waals surface area (Å²) in [6.07, 6.45) is 4.17. The van der Waals surface area contributed by atoms with Crippen molar-refractivity contribution in [1.82, 2.24) is 9.88 Å². The zero-order chi connectivity index (χ0) is 14.2. The second-order valence-electron chi connectivity index (χ2n) is 5.18. The third kappa shape index (κ3) is 2.71. The summed E-state index contributed by atoms with van der Waals surface area (Å²) in [5.74, 6) is 0. The third-order valence-electron chi connectivity index (χ3n) is 3.85.